The Morgan fingerprint density at radius 2 is 2.22 bits per heavy atom. The lowest BCUT2D eigenvalue weighted by Gasteiger charge is -2.05. The van der Waals surface area contributed by atoms with Crippen LogP contribution in [-0.4, -0.2) is 31.1 Å². The van der Waals surface area contributed by atoms with Crippen molar-refractivity contribution in [1.29, 1.82) is 0 Å². The fourth-order valence-electron chi connectivity index (χ4n) is 1.24. The summed E-state index contributed by atoms with van der Waals surface area (Å²) in [6.45, 7) is 1.89. The van der Waals surface area contributed by atoms with Crippen LogP contribution in [-0.2, 0) is 9.53 Å². The summed E-state index contributed by atoms with van der Waals surface area (Å²) in [6.07, 6.45) is 0.567. The van der Waals surface area contributed by atoms with E-state index in [0.29, 0.717) is 6.29 Å². The Kier molecular flexibility index (Phi) is 4.76. The molecule has 1 N–H and O–H groups in total. The molecule has 0 fully saturated rings. The lowest BCUT2D eigenvalue weighted by atomic mass is 10.1. The highest BCUT2D eigenvalue weighted by Gasteiger charge is 2.08. The van der Waals surface area contributed by atoms with Crippen LogP contribution in [0, 0.1) is 11.8 Å². The molecule has 0 bridgehead atoms. The molecule has 18 heavy (non-hydrogen) atoms. The molecule has 0 spiro atoms. The topological polar surface area (TPSA) is 72.8 Å². The monoisotopic (exact) mass is 248 g/mol. The minimum absolute atomic E-state index is 0.156. The number of hydrogen-bond acceptors (Lipinski definition) is 5. The normalized spacial score (nSPS) is 9.00. The number of methoxy groups -OCH3 is 1. The van der Waals surface area contributed by atoms with Crippen LogP contribution >= 0.6 is 0 Å². The Labute approximate surface area is 104 Å². The molecule has 5 heteroatoms. The van der Waals surface area contributed by atoms with E-state index in [4.69, 9.17) is 4.74 Å². The Balaban J connectivity index is 3.12. The zero-order chi connectivity index (χ0) is 13.5. The maximum Gasteiger partial charge on any atom is 0.384 e. The average molecular weight is 248 g/mol. The number of benzene rings is 1. The van der Waals surface area contributed by atoms with E-state index in [9.17, 15) is 14.7 Å². The molecule has 0 saturated heterocycles. The Bertz CT molecular complexity index is 522. The largest absolute Gasteiger partial charge is 0.504 e. The molecule has 0 unspecified atom stereocenters. The molecule has 5 nitrogen and oxygen atoms in total. The summed E-state index contributed by atoms with van der Waals surface area (Å²) in [7, 11) is 1.37. The summed E-state index contributed by atoms with van der Waals surface area (Å²) in [5.41, 5.74) is 0.456. The summed E-state index contributed by atoms with van der Waals surface area (Å²) in [5.74, 6) is 4.01. The molecule has 0 aliphatic rings. The molecule has 0 aliphatic carbocycles. The van der Waals surface area contributed by atoms with Gasteiger partial charge in [0.15, 0.2) is 17.8 Å². The third-order valence-electron chi connectivity index (χ3n) is 2.05. The van der Waals surface area contributed by atoms with E-state index in [-0.39, 0.29) is 29.2 Å². The van der Waals surface area contributed by atoms with Crippen molar-refractivity contribution in [3.63, 3.8) is 0 Å². The molecule has 0 aromatic heterocycles. The Morgan fingerprint density at radius 1 is 1.50 bits per heavy atom. The van der Waals surface area contributed by atoms with E-state index in [1.54, 1.807) is 6.92 Å². The van der Waals surface area contributed by atoms with Gasteiger partial charge in [-0.1, -0.05) is 5.92 Å². The molecule has 0 amide bonds. The quantitative estimate of drug-likeness (QED) is 0.493. The average Bonchev–Trinajstić information content (AvgIpc) is 2.36. The fourth-order valence-corrected chi connectivity index (χ4v) is 1.24. The van der Waals surface area contributed by atoms with Crippen LogP contribution in [0.25, 0.3) is 0 Å². The maximum absolute atomic E-state index is 11.1. The highest BCUT2D eigenvalue weighted by atomic mass is 16.5. The maximum atomic E-state index is 11.1. The number of hydrogen-bond donors (Lipinski definition) is 1. The van der Waals surface area contributed by atoms with Crippen molar-refractivity contribution >= 4 is 12.3 Å². The van der Waals surface area contributed by atoms with Crippen LogP contribution in [0.1, 0.15) is 22.8 Å². The van der Waals surface area contributed by atoms with Gasteiger partial charge in [0.1, 0.15) is 0 Å². The number of esters is 1. The fraction of sp³-hybridized carbons (Fsp3) is 0.231. The van der Waals surface area contributed by atoms with E-state index in [1.807, 2.05) is 0 Å². The smallest absolute Gasteiger partial charge is 0.384 e. The van der Waals surface area contributed by atoms with E-state index >= 15 is 0 Å². The number of phenolic OH excluding ortho intramolecular Hbond substituents is 1. The number of phenols is 1. The molecular formula is C13H12O5. The summed E-state index contributed by atoms with van der Waals surface area (Å²) < 4.78 is 9.48. The predicted octanol–water partition coefficient (Wildman–Crippen LogP) is 1.13. The van der Waals surface area contributed by atoms with Gasteiger partial charge in [-0.3, -0.25) is 4.79 Å². The first-order chi connectivity index (χ1) is 8.62. The lowest BCUT2D eigenvalue weighted by Crippen LogP contribution is -2.00. The first-order valence-electron chi connectivity index (χ1n) is 5.17. The van der Waals surface area contributed by atoms with Crippen LogP contribution in [0.5, 0.6) is 11.5 Å². The Morgan fingerprint density at radius 3 is 2.78 bits per heavy atom. The predicted molar refractivity (Wildman–Crippen MR) is 63.6 cm³/mol. The van der Waals surface area contributed by atoms with Crippen LogP contribution in [0.15, 0.2) is 12.1 Å². The van der Waals surface area contributed by atoms with Gasteiger partial charge < -0.3 is 14.6 Å². The minimum Gasteiger partial charge on any atom is -0.504 e. The Hall–Kier alpha value is -2.48. The van der Waals surface area contributed by atoms with Crippen LogP contribution in [0.2, 0.25) is 0 Å². The summed E-state index contributed by atoms with van der Waals surface area (Å²) in [6, 6.07) is 2.60. The van der Waals surface area contributed by atoms with Crippen LogP contribution < -0.4 is 4.74 Å². The second kappa shape index (κ2) is 6.30. The minimum atomic E-state index is -0.690. The molecule has 0 aliphatic heterocycles. The number of aldehydes is 1. The molecule has 0 atom stereocenters. The second-order valence-electron chi connectivity index (χ2n) is 3.20. The molecule has 1 aromatic carbocycles. The van der Waals surface area contributed by atoms with Crippen LogP contribution in [0.4, 0.5) is 0 Å². The van der Waals surface area contributed by atoms with Crippen molar-refractivity contribution in [3.05, 3.63) is 23.3 Å². The first kappa shape index (κ1) is 13.6. The molecule has 1 rings (SSSR count). The number of aromatic hydroxyl groups is 1. The zero-order valence-corrected chi connectivity index (χ0v) is 10.0. The van der Waals surface area contributed by atoms with Crippen LogP contribution in [0.3, 0.4) is 0 Å². The summed E-state index contributed by atoms with van der Waals surface area (Å²) in [4.78, 5) is 21.9. The van der Waals surface area contributed by atoms with Crippen molar-refractivity contribution in [3.8, 4) is 23.3 Å². The van der Waals surface area contributed by atoms with E-state index in [1.165, 1.54) is 19.2 Å². The second-order valence-corrected chi connectivity index (χ2v) is 3.20. The van der Waals surface area contributed by atoms with Gasteiger partial charge in [-0.15, -0.1) is 0 Å². The number of ether oxygens (including phenoxy) is 2. The number of carbonyl (C=O) groups excluding carboxylic acids is 2. The SMILES string of the molecule is CCOC(=O)C#Cc1cc(O)c(OC)cc1C=O. The summed E-state index contributed by atoms with van der Waals surface area (Å²) >= 11 is 0. The van der Waals surface area contributed by atoms with Gasteiger partial charge in [0.2, 0.25) is 0 Å². The third-order valence-corrected chi connectivity index (χ3v) is 2.05. The van der Waals surface area contributed by atoms with E-state index in [0.717, 1.165) is 0 Å². The molecule has 0 saturated carbocycles. The molecule has 1 aromatic rings. The molecule has 0 radical (unpaired) electrons. The van der Waals surface area contributed by atoms with Gasteiger partial charge in [0.25, 0.3) is 0 Å². The van der Waals surface area contributed by atoms with Crippen molar-refractivity contribution in [2.24, 2.45) is 0 Å². The van der Waals surface area contributed by atoms with Crippen molar-refractivity contribution in [2.45, 2.75) is 6.92 Å². The van der Waals surface area contributed by atoms with E-state index < -0.39 is 5.97 Å². The van der Waals surface area contributed by atoms with Gasteiger partial charge in [-0.2, -0.15) is 0 Å². The lowest BCUT2D eigenvalue weighted by molar-refractivity contribution is -0.136. The molecule has 0 heterocycles. The molecule has 94 valence electrons. The highest BCUT2D eigenvalue weighted by molar-refractivity contribution is 5.90. The standard InChI is InChI=1S/C13H12O5/c1-3-18-13(16)5-4-9-6-11(15)12(17-2)7-10(9)8-14/h6-8,15H,3H2,1-2H3. The number of carbonyl (C=O) groups is 2. The number of rotatable bonds is 3. The van der Waals surface area contributed by atoms with Crippen molar-refractivity contribution in [1.82, 2.24) is 0 Å². The first-order valence-corrected chi connectivity index (χ1v) is 5.17. The highest BCUT2D eigenvalue weighted by Crippen LogP contribution is 2.28. The van der Waals surface area contributed by atoms with Gasteiger partial charge in [0, 0.05) is 23.1 Å². The third kappa shape index (κ3) is 3.25. The van der Waals surface area contributed by atoms with Crippen molar-refractivity contribution in [2.75, 3.05) is 13.7 Å². The summed E-state index contributed by atoms with van der Waals surface area (Å²) in [5, 5.41) is 9.56. The van der Waals surface area contributed by atoms with Gasteiger partial charge in [0.05, 0.1) is 13.7 Å². The molecular weight excluding hydrogens is 236 g/mol. The van der Waals surface area contributed by atoms with Gasteiger partial charge in [-0.25, -0.2) is 4.79 Å². The van der Waals surface area contributed by atoms with Gasteiger partial charge in [-0.05, 0) is 13.0 Å². The zero-order valence-electron chi connectivity index (χ0n) is 10.0. The van der Waals surface area contributed by atoms with E-state index in [2.05, 4.69) is 16.6 Å². The van der Waals surface area contributed by atoms with Crippen molar-refractivity contribution < 1.29 is 24.2 Å². The van der Waals surface area contributed by atoms with Gasteiger partial charge >= 0.3 is 5.97 Å².